The molecule has 182 valence electrons. The summed E-state index contributed by atoms with van der Waals surface area (Å²) in [6.07, 6.45) is 15.2. The van der Waals surface area contributed by atoms with Crippen molar-refractivity contribution in [1.82, 2.24) is 0 Å². The fraction of sp³-hybridized carbons (Fsp3) is 0.613. The molecule has 0 unspecified atom stereocenters. The van der Waals surface area contributed by atoms with Crippen LogP contribution >= 0.6 is 15.9 Å². The van der Waals surface area contributed by atoms with Crippen LogP contribution in [0.5, 0.6) is 11.5 Å². The average molecular weight is 514 g/mol. The van der Waals surface area contributed by atoms with Gasteiger partial charge in [0, 0.05) is 4.47 Å². The molecular weight excluding hydrogens is 468 g/mol. The molecule has 33 heavy (non-hydrogen) atoms. The average Bonchev–Trinajstić information content (AvgIpc) is 2.83. The van der Waals surface area contributed by atoms with Crippen LogP contribution in [-0.4, -0.2) is 0 Å². The minimum atomic E-state index is 0.553. The quantitative estimate of drug-likeness (QED) is 0.373. The highest BCUT2D eigenvalue weighted by Gasteiger charge is 2.33. The van der Waals surface area contributed by atoms with Crippen molar-refractivity contribution in [1.29, 1.82) is 0 Å². The van der Waals surface area contributed by atoms with E-state index in [2.05, 4.69) is 55.8 Å². The van der Waals surface area contributed by atoms with Gasteiger partial charge >= 0.3 is 0 Å². The molecule has 0 spiro atoms. The fourth-order valence-electron chi connectivity index (χ4n) is 6.07. The Labute approximate surface area is 211 Å². The molecule has 2 fully saturated rings. The summed E-state index contributed by atoms with van der Waals surface area (Å²) in [6, 6.07) is 16.1. The number of hydrogen-bond acceptors (Lipinski definition) is 1. The second-order valence-electron chi connectivity index (χ2n) is 10.9. The summed E-state index contributed by atoms with van der Waals surface area (Å²) in [7, 11) is 0. The van der Waals surface area contributed by atoms with Crippen LogP contribution in [0.1, 0.15) is 103 Å². The zero-order valence-electron chi connectivity index (χ0n) is 21.4. The summed E-state index contributed by atoms with van der Waals surface area (Å²) < 4.78 is 6.80. The van der Waals surface area contributed by atoms with Gasteiger partial charge in [-0.1, -0.05) is 120 Å². The number of rotatable bonds is 6. The van der Waals surface area contributed by atoms with E-state index in [0.29, 0.717) is 5.92 Å². The van der Waals surface area contributed by atoms with E-state index < -0.39 is 0 Å². The third-order valence-electron chi connectivity index (χ3n) is 7.75. The molecular formula is C31H45BrO. The van der Waals surface area contributed by atoms with Crippen molar-refractivity contribution in [2.75, 3.05) is 0 Å². The van der Waals surface area contributed by atoms with Crippen LogP contribution in [0.3, 0.4) is 0 Å². The molecule has 2 aliphatic carbocycles. The molecule has 0 aromatic heterocycles. The molecule has 0 bridgehead atoms. The zero-order chi connectivity index (χ0) is 23.6. The van der Waals surface area contributed by atoms with Gasteiger partial charge in [0.05, 0.1) is 0 Å². The standard InChI is InChI=1S/C16H30.C15H15BrO/c1-13(2)16(14-9-5-3-6-10-14)15-11-7-4-8-12-15;1-11(2)12-3-7-14(8-4-12)17-15-9-5-13(16)6-10-15/h13-16H,3-12H2,1-2H3;3-11H,1-2H3. The van der Waals surface area contributed by atoms with E-state index in [9.17, 15) is 0 Å². The molecule has 0 aliphatic heterocycles. The monoisotopic (exact) mass is 512 g/mol. The summed E-state index contributed by atoms with van der Waals surface area (Å²) in [5.74, 6) is 6.42. The third-order valence-corrected chi connectivity index (χ3v) is 8.28. The lowest BCUT2D eigenvalue weighted by atomic mass is 9.65. The molecule has 2 saturated carbocycles. The van der Waals surface area contributed by atoms with Crippen LogP contribution in [-0.2, 0) is 0 Å². The van der Waals surface area contributed by atoms with E-state index in [-0.39, 0.29) is 0 Å². The molecule has 2 aromatic rings. The normalized spacial score (nSPS) is 17.8. The van der Waals surface area contributed by atoms with Gasteiger partial charge in [-0.2, -0.15) is 0 Å². The minimum absolute atomic E-state index is 0.553. The van der Waals surface area contributed by atoms with Crippen LogP contribution < -0.4 is 4.74 Å². The summed E-state index contributed by atoms with van der Waals surface area (Å²) in [5, 5.41) is 0. The second kappa shape index (κ2) is 13.6. The highest BCUT2D eigenvalue weighted by molar-refractivity contribution is 9.10. The second-order valence-corrected chi connectivity index (χ2v) is 11.8. The molecule has 0 saturated heterocycles. The van der Waals surface area contributed by atoms with Crippen molar-refractivity contribution in [3.63, 3.8) is 0 Å². The smallest absolute Gasteiger partial charge is 0.127 e. The SMILES string of the molecule is CC(C)C(C1CCCCC1)C1CCCCC1.CC(C)c1ccc(Oc2ccc(Br)cc2)cc1. The number of benzene rings is 2. The molecule has 0 heterocycles. The van der Waals surface area contributed by atoms with Crippen molar-refractivity contribution in [2.45, 2.75) is 97.8 Å². The molecule has 0 N–H and O–H groups in total. The van der Waals surface area contributed by atoms with Gasteiger partial charge in [-0.3, -0.25) is 0 Å². The van der Waals surface area contributed by atoms with Gasteiger partial charge in [0.1, 0.15) is 11.5 Å². The molecule has 2 aromatic carbocycles. The van der Waals surface area contributed by atoms with Crippen LogP contribution in [0.4, 0.5) is 0 Å². The maximum absolute atomic E-state index is 5.75. The Bertz CT molecular complexity index is 763. The molecule has 4 rings (SSSR count). The predicted octanol–water partition coefficient (Wildman–Crippen LogP) is 10.8. The van der Waals surface area contributed by atoms with Crippen LogP contribution in [0, 0.1) is 23.7 Å². The first-order chi connectivity index (χ1) is 15.9. The summed E-state index contributed by atoms with van der Waals surface area (Å²) in [5.41, 5.74) is 1.33. The zero-order valence-corrected chi connectivity index (χ0v) is 22.9. The number of hydrogen-bond donors (Lipinski definition) is 0. The number of halogens is 1. The van der Waals surface area contributed by atoms with Crippen LogP contribution in [0.2, 0.25) is 0 Å². The van der Waals surface area contributed by atoms with Crippen molar-refractivity contribution in [3.8, 4) is 11.5 Å². The van der Waals surface area contributed by atoms with E-state index >= 15 is 0 Å². The van der Waals surface area contributed by atoms with Gasteiger partial charge in [0.2, 0.25) is 0 Å². The molecule has 1 nitrogen and oxygen atoms in total. The molecule has 0 amide bonds. The van der Waals surface area contributed by atoms with Crippen molar-refractivity contribution < 1.29 is 4.74 Å². The van der Waals surface area contributed by atoms with Gasteiger partial charge < -0.3 is 4.74 Å². The first-order valence-corrected chi connectivity index (χ1v) is 14.3. The fourth-order valence-corrected chi connectivity index (χ4v) is 6.34. The lowest BCUT2D eigenvalue weighted by molar-refractivity contribution is 0.102. The first kappa shape index (κ1) is 26.3. The van der Waals surface area contributed by atoms with Crippen molar-refractivity contribution in [2.24, 2.45) is 23.7 Å². The van der Waals surface area contributed by atoms with E-state index in [0.717, 1.165) is 39.6 Å². The van der Waals surface area contributed by atoms with Gasteiger partial charge in [0.15, 0.2) is 0 Å². The maximum atomic E-state index is 5.75. The Hall–Kier alpha value is -1.28. The maximum Gasteiger partial charge on any atom is 0.127 e. The van der Waals surface area contributed by atoms with Crippen LogP contribution in [0.25, 0.3) is 0 Å². The number of ether oxygens (including phenoxy) is 1. The predicted molar refractivity (Wildman–Crippen MR) is 146 cm³/mol. The highest BCUT2D eigenvalue weighted by Crippen LogP contribution is 2.43. The topological polar surface area (TPSA) is 9.23 Å². The van der Waals surface area contributed by atoms with Gasteiger partial charge in [-0.05, 0) is 71.6 Å². The Morgan fingerprint density at radius 1 is 0.636 bits per heavy atom. The van der Waals surface area contributed by atoms with E-state index in [1.54, 1.807) is 25.7 Å². The van der Waals surface area contributed by atoms with E-state index in [1.807, 2.05) is 36.4 Å². The summed E-state index contributed by atoms with van der Waals surface area (Å²) in [6.45, 7) is 9.33. The lowest BCUT2D eigenvalue weighted by Crippen LogP contribution is -2.31. The summed E-state index contributed by atoms with van der Waals surface area (Å²) >= 11 is 3.40. The van der Waals surface area contributed by atoms with E-state index in [1.165, 1.54) is 44.1 Å². The van der Waals surface area contributed by atoms with Gasteiger partial charge in [-0.25, -0.2) is 0 Å². The van der Waals surface area contributed by atoms with E-state index in [4.69, 9.17) is 4.74 Å². The van der Waals surface area contributed by atoms with Crippen molar-refractivity contribution in [3.05, 3.63) is 58.6 Å². The minimum Gasteiger partial charge on any atom is -0.457 e. The molecule has 2 heteroatoms. The Morgan fingerprint density at radius 3 is 1.45 bits per heavy atom. The third kappa shape index (κ3) is 8.46. The van der Waals surface area contributed by atoms with Gasteiger partial charge in [-0.15, -0.1) is 0 Å². The molecule has 0 radical (unpaired) electrons. The highest BCUT2D eigenvalue weighted by atomic mass is 79.9. The molecule has 2 aliphatic rings. The lowest BCUT2D eigenvalue weighted by Gasteiger charge is -2.40. The van der Waals surface area contributed by atoms with Crippen molar-refractivity contribution >= 4 is 15.9 Å². The Morgan fingerprint density at radius 2 is 1.06 bits per heavy atom. The Balaban J connectivity index is 0.000000186. The van der Waals surface area contributed by atoms with Crippen LogP contribution in [0.15, 0.2) is 53.0 Å². The van der Waals surface area contributed by atoms with Gasteiger partial charge in [0.25, 0.3) is 0 Å². The summed E-state index contributed by atoms with van der Waals surface area (Å²) in [4.78, 5) is 0. The molecule has 0 atom stereocenters. The largest absolute Gasteiger partial charge is 0.457 e. The first-order valence-electron chi connectivity index (χ1n) is 13.5. The Kier molecular flexibility index (Phi) is 10.8.